The first kappa shape index (κ1) is 17.1. The van der Waals surface area contributed by atoms with Gasteiger partial charge in [0, 0.05) is 38.3 Å². The number of rotatable bonds is 2. The lowest BCUT2D eigenvalue weighted by atomic mass is 9.78. The fourth-order valence-corrected chi connectivity index (χ4v) is 4.15. The Morgan fingerprint density at radius 1 is 1.31 bits per heavy atom. The average Bonchev–Trinajstić information content (AvgIpc) is 2.60. The lowest BCUT2D eigenvalue weighted by molar-refractivity contribution is -0.139. The summed E-state index contributed by atoms with van der Waals surface area (Å²) in [6.45, 7) is 5.32. The summed E-state index contributed by atoms with van der Waals surface area (Å²) >= 11 is 0. The quantitative estimate of drug-likeness (QED) is 0.731. The number of nitrogens with zero attached hydrogens (tertiary/aromatic N) is 3. The molecule has 0 radical (unpaired) electrons. The van der Waals surface area contributed by atoms with Crippen LogP contribution in [0.1, 0.15) is 6.92 Å². The molecule has 140 valence electrons. The smallest absolute Gasteiger partial charge is 0.341 e. The third kappa shape index (κ3) is 2.51. The van der Waals surface area contributed by atoms with Gasteiger partial charge in [-0.05, 0) is 13.0 Å². The molecule has 3 atom stereocenters. The molecule has 4 rings (SSSR count). The van der Waals surface area contributed by atoms with Gasteiger partial charge in [0.05, 0.1) is 6.61 Å². The fourth-order valence-electron chi connectivity index (χ4n) is 4.15. The van der Waals surface area contributed by atoms with Gasteiger partial charge < -0.3 is 24.5 Å². The zero-order valence-corrected chi connectivity index (χ0v) is 14.8. The second kappa shape index (κ2) is 6.12. The highest BCUT2D eigenvalue weighted by molar-refractivity contribution is 6.16. The predicted molar refractivity (Wildman–Crippen MR) is 90.2 cm³/mol. The van der Waals surface area contributed by atoms with Crippen LogP contribution in [-0.4, -0.2) is 77.6 Å². The van der Waals surface area contributed by atoms with Gasteiger partial charge in [-0.15, -0.1) is 0 Å². The van der Waals surface area contributed by atoms with E-state index < -0.39 is 23.7 Å². The van der Waals surface area contributed by atoms with Gasteiger partial charge in [0.15, 0.2) is 5.83 Å². The Morgan fingerprint density at radius 3 is 2.65 bits per heavy atom. The van der Waals surface area contributed by atoms with Crippen LogP contribution >= 0.6 is 0 Å². The van der Waals surface area contributed by atoms with Gasteiger partial charge in [-0.25, -0.2) is 9.18 Å². The zero-order valence-electron chi connectivity index (χ0n) is 14.8. The summed E-state index contributed by atoms with van der Waals surface area (Å²) in [6.07, 6.45) is 2.67. The largest absolute Gasteiger partial charge is 0.493 e. The Bertz CT molecular complexity index is 752. The van der Waals surface area contributed by atoms with Crippen LogP contribution in [0.2, 0.25) is 0 Å². The number of carbonyl (C=O) groups is 2. The average molecular weight is 363 g/mol. The molecular formula is C18H22FN3O4. The minimum Gasteiger partial charge on any atom is -0.493 e. The van der Waals surface area contributed by atoms with E-state index in [1.165, 1.54) is 11.0 Å². The van der Waals surface area contributed by atoms with Gasteiger partial charge in [0.25, 0.3) is 5.91 Å². The van der Waals surface area contributed by atoms with Gasteiger partial charge in [-0.1, -0.05) is 13.0 Å². The molecule has 2 fully saturated rings. The Hall–Kier alpha value is -2.35. The molecule has 4 heterocycles. The maximum atomic E-state index is 15.0. The highest BCUT2D eigenvalue weighted by Gasteiger charge is 2.49. The van der Waals surface area contributed by atoms with E-state index in [9.17, 15) is 19.1 Å². The number of halogens is 1. The van der Waals surface area contributed by atoms with Gasteiger partial charge >= 0.3 is 5.97 Å². The van der Waals surface area contributed by atoms with Crippen LogP contribution in [0.4, 0.5) is 4.39 Å². The molecule has 8 heteroatoms. The molecule has 0 spiro atoms. The number of aliphatic carboxylic acids is 1. The number of ether oxygens (including phenoxy) is 1. The first-order chi connectivity index (χ1) is 12.4. The number of piperazine rings is 1. The lowest BCUT2D eigenvalue weighted by Crippen LogP contribution is -2.55. The van der Waals surface area contributed by atoms with E-state index in [0.717, 1.165) is 19.3 Å². The van der Waals surface area contributed by atoms with E-state index in [-0.39, 0.29) is 17.4 Å². The number of hydrogen-bond donors (Lipinski definition) is 1. The number of carboxylic acid groups (broad SMARTS) is 1. The fraction of sp³-hybridized carbons (Fsp3) is 0.556. The predicted octanol–water partition coefficient (Wildman–Crippen LogP) is 0.774. The maximum Gasteiger partial charge on any atom is 0.341 e. The van der Waals surface area contributed by atoms with Crippen molar-refractivity contribution >= 4 is 11.9 Å². The second-order valence-electron chi connectivity index (χ2n) is 7.39. The molecular weight excluding hydrogens is 341 g/mol. The first-order valence-corrected chi connectivity index (χ1v) is 8.84. The molecule has 0 bridgehead atoms. The van der Waals surface area contributed by atoms with Crippen LogP contribution < -0.4 is 0 Å². The van der Waals surface area contributed by atoms with Crippen LogP contribution in [0.3, 0.4) is 0 Å². The Morgan fingerprint density at radius 2 is 2.00 bits per heavy atom. The van der Waals surface area contributed by atoms with Crippen molar-refractivity contribution in [2.45, 2.75) is 13.0 Å². The number of carboxylic acids is 1. The number of allylic oxidation sites excluding steroid dienone is 1. The number of likely N-dealkylation sites (N-methyl/N-ethyl adjacent to an activating group) is 1. The highest BCUT2D eigenvalue weighted by atomic mass is 19.1. The van der Waals surface area contributed by atoms with Crippen LogP contribution in [0.25, 0.3) is 0 Å². The molecule has 1 N–H and O–H groups in total. The summed E-state index contributed by atoms with van der Waals surface area (Å²) in [4.78, 5) is 29.4. The Kier molecular flexibility index (Phi) is 4.02. The molecule has 2 unspecified atom stereocenters. The van der Waals surface area contributed by atoms with E-state index in [1.54, 1.807) is 0 Å². The zero-order chi connectivity index (χ0) is 18.6. The minimum absolute atomic E-state index is 0.0250. The summed E-state index contributed by atoms with van der Waals surface area (Å²) in [5.41, 5.74) is 0.114. The molecule has 0 aliphatic carbocycles. The topological polar surface area (TPSA) is 73.3 Å². The molecule has 4 aliphatic heterocycles. The van der Waals surface area contributed by atoms with Crippen LogP contribution in [0.5, 0.6) is 0 Å². The summed E-state index contributed by atoms with van der Waals surface area (Å²) in [5, 5.41) is 9.34. The number of hydrogen-bond acceptors (Lipinski definition) is 5. The van der Waals surface area contributed by atoms with Crippen molar-refractivity contribution in [3.05, 3.63) is 35.1 Å². The molecule has 0 aromatic heterocycles. The van der Waals surface area contributed by atoms with Gasteiger partial charge in [0.2, 0.25) is 0 Å². The highest BCUT2D eigenvalue weighted by Crippen LogP contribution is 2.44. The van der Waals surface area contributed by atoms with Crippen molar-refractivity contribution in [2.24, 2.45) is 11.8 Å². The molecule has 4 aliphatic rings. The molecule has 2 saturated heterocycles. The SMILES string of the molecule is C[C@@H]1COC2=C(N3CCN(C)CC3)C(F)=CN3C(=O)C(C(=O)O)=CC1C23. The van der Waals surface area contributed by atoms with Crippen molar-refractivity contribution in [1.29, 1.82) is 0 Å². The standard InChI is InChI=1S/C18H22FN3O4/c1-10-9-26-16-14-11(10)7-12(18(24)25)17(23)22(14)8-13(19)15(16)21-5-3-20(2)4-6-21/h7-8,10-11,14H,3-6,9H2,1-2H3,(H,24,25)/t10-,11?,14?/m1/s1. The third-order valence-corrected chi connectivity index (χ3v) is 5.68. The van der Waals surface area contributed by atoms with Crippen LogP contribution in [-0.2, 0) is 14.3 Å². The molecule has 0 aromatic rings. The van der Waals surface area contributed by atoms with E-state index in [4.69, 9.17) is 4.74 Å². The molecule has 0 aromatic carbocycles. The summed E-state index contributed by atoms with van der Waals surface area (Å²) in [5.74, 6) is -2.26. The van der Waals surface area contributed by atoms with Crippen molar-refractivity contribution in [3.8, 4) is 0 Å². The lowest BCUT2D eigenvalue weighted by Gasteiger charge is -2.48. The minimum atomic E-state index is -1.28. The normalized spacial score (nSPS) is 32.0. The maximum absolute atomic E-state index is 15.0. The molecule has 26 heavy (non-hydrogen) atoms. The van der Waals surface area contributed by atoms with E-state index >= 15 is 0 Å². The monoisotopic (exact) mass is 363 g/mol. The van der Waals surface area contributed by atoms with E-state index in [1.807, 2.05) is 18.9 Å². The van der Waals surface area contributed by atoms with Crippen LogP contribution in [0.15, 0.2) is 35.1 Å². The third-order valence-electron chi connectivity index (χ3n) is 5.68. The van der Waals surface area contributed by atoms with Crippen LogP contribution in [0, 0.1) is 11.8 Å². The van der Waals surface area contributed by atoms with Crippen molar-refractivity contribution in [2.75, 3.05) is 39.8 Å². The Labute approximate surface area is 151 Å². The molecule has 7 nitrogen and oxygen atoms in total. The van der Waals surface area contributed by atoms with Crippen molar-refractivity contribution in [1.82, 2.24) is 14.7 Å². The molecule has 1 amide bonds. The van der Waals surface area contributed by atoms with Gasteiger partial charge in [0.1, 0.15) is 23.1 Å². The number of carbonyl (C=O) groups excluding carboxylic acids is 1. The van der Waals surface area contributed by atoms with Gasteiger partial charge in [-0.2, -0.15) is 0 Å². The van der Waals surface area contributed by atoms with Gasteiger partial charge in [-0.3, -0.25) is 4.79 Å². The molecule has 0 saturated carbocycles. The first-order valence-electron chi connectivity index (χ1n) is 8.84. The van der Waals surface area contributed by atoms with E-state index in [2.05, 4.69) is 4.90 Å². The summed E-state index contributed by atoms with van der Waals surface area (Å²) < 4.78 is 20.9. The van der Waals surface area contributed by atoms with Crippen molar-refractivity contribution < 1.29 is 23.8 Å². The summed E-state index contributed by atoms with van der Waals surface area (Å²) in [6, 6.07) is -0.483. The number of amides is 1. The summed E-state index contributed by atoms with van der Waals surface area (Å²) in [7, 11) is 2.02. The second-order valence-corrected chi connectivity index (χ2v) is 7.39. The Balaban J connectivity index is 1.78. The van der Waals surface area contributed by atoms with Crippen molar-refractivity contribution in [3.63, 3.8) is 0 Å². The van der Waals surface area contributed by atoms with E-state index in [0.29, 0.717) is 31.2 Å².